The number of hydrogen-bond acceptors (Lipinski definition) is 7. The van der Waals surface area contributed by atoms with Crippen LogP contribution in [-0.4, -0.2) is 76.4 Å². The van der Waals surface area contributed by atoms with Gasteiger partial charge in [-0.1, -0.05) is 24.3 Å². The first-order chi connectivity index (χ1) is 20.4. The fourth-order valence-electron chi connectivity index (χ4n) is 5.07. The lowest BCUT2D eigenvalue weighted by molar-refractivity contribution is -0.131. The van der Waals surface area contributed by atoms with Crippen molar-refractivity contribution in [3.8, 4) is 16.9 Å². The Morgan fingerprint density at radius 2 is 1.74 bits per heavy atom. The van der Waals surface area contributed by atoms with E-state index in [1.165, 1.54) is 0 Å². The number of amides is 2. The van der Waals surface area contributed by atoms with E-state index in [-0.39, 0.29) is 18.2 Å². The first-order valence-electron chi connectivity index (χ1n) is 14.2. The van der Waals surface area contributed by atoms with Gasteiger partial charge in [0, 0.05) is 74.4 Å². The Hall–Kier alpha value is -4.79. The number of rotatable bonds is 5. The van der Waals surface area contributed by atoms with E-state index in [9.17, 15) is 9.59 Å². The second-order valence-corrected chi connectivity index (χ2v) is 10.5. The van der Waals surface area contributed by atoms with Crippen LogP contribution in [0.3, 0.4) is 0 Å². The summed E-state index contributed by atoms with van der Waals surface area (Å²) in [5, 5.41) is 3.16. The van der Waals surface area contributed by atoms with Gasteiger partial charge in [0.05, 0.1) is 6.54 Å². The number of hydrogen-bond donors (Lipinski definition) is 1. The molecule has 2 bridgehead atoms. The number of nitrogens with one attached hydrogen (secondary N) is 1. The summed E-state index contributed by atoms with van der Waals surface area (Å²) >= 11 is 0. The summed E-state index contributed by atoms with van der Waals surface area (Å²) in [6, 6.07) is 19.7. The van der Waals surface area contributed by atoms with E-state index in [1.807, 2.05) is 74.6 Å². The number of aromatic nitrogens is 3. The first-order valence-corrected chi connectivity index (χ1v) is 14.2. The fraction of sp³-hybridized carbons (Fsp3) is 0.303. The Bertz CT molecular complexity index is 1540. The molecule has 3 heterocycles. The molecule has 0 atom stereocenters. The summed E-state index contributed by atoms with van der Waals surface area (Å²) in [6.45, 7) is 5.77. The Balaban J connectivity index is 1.36. The van der Waals surface area contributed by atoms with Crippen LogP contribution in [0.2, 0.25) is 0 Å². The van der Waals surface area contributed by atoms with Crippen LogP contribution in [0.25, 0.3) is 11.1 Å². The highest BCUT2D eigenvalue weighted by Gasteiger charge is 2.19. The van der Waals surface area contributed by atoms with Gasteiger partial charge in [0.15, 0.2) is 0 Å². The van der Waals surface area contributed by atoms with E-state index in [0.717, 1.165) is 39.4 Å². The van der Waals surface area contributed by atoms with E-state index in [1.54, 1.807) is 23.0 Å². The second kappa shape index (κ2) is 13.2. The van der Waals surface area contributed by atoms with Gasteiger partial charge in [-0.2, -0.15) is 0 Å². The summed E-state index contributed by atoms with van der Waals surface area (Å²) in [5.41, 5.74) is 6.44. The van der Waals surface area contributed by atoms with E-state index < -0.39 is 0 Å². The number of aryl methyl sites for hydroxylation is 2. The molecule has 0 unspecified atom stereocenters. The van der Waals surface area contributed by atoms with Gasteiger partial charge in [-0.25, -0.2) is 9.97 Å². The van der Waals surface area contributed by atoms with Crippen molar-refractivity contribution in [3.63, 3.8) is 0 Å². The summed E-state index contributed by atoms with van der Waals surface area (Å²) in [4.78, 5) is 43.1. The molecule has 4 aromatic rings. The smallest absolute Gasteiger partial charge is 0.253 e. The van der Waals surface area contributed by atoms with Crippen molar-refractivity contribution in [2.24, 2.45) is 0 Å². The quantitative estimate of drug-likeness (QED) is 0.380. The molecule has 0 radical (unpaired) electrons. The number of carbonyl (C=O) groups is 2. The molecule has 2 aromatic carbocycles. The van der Waals surface area contributed by atoms with Crippen LogP contribution < -0.4 is 10.1 Å². The van der Waals surface area contributed by atoms with E-state index in [0.29, 0.717) is 50.7 Å². The number of pyridine rings is 1. The van der Waals surface area contributed by atoms with E-state index in [4.69, 9.17) is 4.74 Å². The molecule has 2 aromatic heterocycles. The molecule has 216 valence electrons. The van der Waals surface area contributed by atoms with Crippen LogP contribution >= 0.6 is 0 Å². The standard InChI is InChI=1S/C33H36N6O3/c1-23-18-24(2)37-33(36-23)35-13-11-31(40)39-15-14-38(3)32(41)27-7-4-6-25(19-27)20-29-21-26(28-8-5-12-34-22-28)9-10-30(29)42-17-16-39/h4-10,12,18-19,21-22H,11,13-17,20H2,1-3H3,(H,35,36,37). The average Bonchev–Trinajstić information content (AvgIpc) is 2.98. The molecule has 0 saturated carbocycles. The lowest BCUT2D eigenvalue weighted by atomic mass is 9.98. The zero-order valence-corrected chi connectivity index (χ0v) is 24.3. The van der Waals surface area contributed by atoms with Crippen molar-refractivity contribution in [1.29, 1.82) is 0 Å². The number of carbonyl (C=O) groups excluding carboxylic acids is 2. The molecular weight excluding hydrogens is 528 g/mol. The van der Waals surface area contributed by atoms with Gasteiger partial charge < -0.3 is 19.9 Å². The van der Waals surface area contributed by atoms with Crippen LogP contribution in [0.1, 0.15) is 39.3 Å². The third-order valence-electron chi connectivity index (χ3n) is 7.25. The molecule has 1 N–H and O–H groups in total. The van der Waals surface area contributed by atoms with Crippen LogP contribution in [-0.2, 0) is 11.2 Å². The highest BCUT2D eigenvalue weighted by molar-refractivity contribution is 5.94. The summed E-state index contributed by atoms with van der Waals surface area (Å²) in [6.07, 6.45) is 4.46. The van der Waals surface area contributed by atoms with Gasteiger partial charge in [-0.15, -0.1) is 0 Å². The molecule has 2 amide bonds. The van der Waals surface area contributed by atoms with Gasteiger partial charge in [0.1, 0.15) is 12.4 Å². The Morgan fingerprint density at radius 1 is 0.929 bits per heavy atom. The molecule has 9 heteroatoms. The monoisotopic (exact) mass is 564 g/mol. The largest absolute Gasteiger partial charge is 0.491 e. The minimum atomic E-state index is -0.0736. The van der Waals surface area contributed by atoms with Crippen molar-refractivity contribution >= 4 is 17.8 Å². The van der Waals surface area contributed by atoms with Crippen LogP contribution in [0.5, 0.6) is 5.75 Å². The van der Waals surface area contributed by atoms with Gasteiger partial charge in [0.2, 0.25) is 11.9 Å². The number of likely N-dealkylation sites (N-methyl/N-ethyl adjacent to an activating group) is 1. The molecular formula is C33H36N6O3. The van der Waals surface area contributed by atoms with Crippen LogP contribution in [0.4, 0.5) is 5.95 Å². The third-order valence-corrected chi connectivity index (χ3v) is 7.25. The summed E-state index contributed by atoms with van der Waals surface area (Å²) < 4.78 is 6.30. The minimum absolute atomic E-state index is 0.0300. The first kappa shape index (κ1) is 28.7. The minimum Gasteiger partial charge on any atom is -0.491 e. The van der Waals surface area contributed by atoms with Gasteiger partial charge in [0.25, 0.3) is 5.91 Å². The van der Waals surface area contributed by atoms with Crippen LogP contribution in [0, 0.1) is 13.8 Å². The number of nitrogens with zero attached hydrogens (tertiary/aromatic N) is 5. The molecule has 1 aliphatic rings. The van der Waals surface area contributed by atoms with Crippen molar-refractivity contribution in [3.05, 3.63) is 101 Å². The molecule has 0 spiro atoms. The average molecular weight is 565 g/mol. The second-order valence-electron chi connectivity index (χ2n) is 10.5. The maximum atomic E-state index is 13.3. The fourth-order valence-corrected chi connectivity index (χ4v) is 5.07. The Labute approximate surface area is 246 Å². The molecule has 0 fully saturated rings. The zero-order valence-electron chi connectivity index (χ0n) is 24.3. The highest BCUT2D eigenvalue weighted by Crippen LogP contribution is 2.29. The van der Waals surface area contributed by atoms with Crippen molar-refractivity contribution in [2.45, 2.75) is 26.7 Å². The highest BCUT2D eigenvalue weighted by atomic mass is 16.5. The maximum absolute atomic E-state index is 13.3. The lowest BCUT2D eigenvalue weighted by Crippen LogP contribution is -2.42. The molecule has 1 aliphatic heterocycles. The van der Waals surface area contributed by atoms with E-state index >= 15 is 0 Å². The topological polar surface area (TPSA) is 101 Å². The third kappa shape index (κ3) is 7.28. The normalized spacial score (nSPS) is 14.0. The number of ether oxygens (including phenoxy) is 1. The predicted octanol–water partition coefficient (Wildman–Crippen LogP) is 4.54. The van der Waals surface area contributed by atoms with E-state index in [2.05, 4.69) is 26.3 Å². The van der Waals surface area contributed by atoms with Crippen LogP contribution in [0.15, 0.2) is 73.1 Å². The number of fused-ring (bicyclic) bond motifs is 3. The van der Waals surface area contributed by atoms with Gasteiger partial charge in [-0.3, -0.25) is 14.6 Å². The van der Waals surface area contributed by atoms with Crippen molar-refractivity contribution in [2.75, 3.05) is 45.2 Å². The maximum Gasteiger partial charge on any atom is 0.253 e. The van der Waals surface area contributed by atoms with Gasteiger partial charge >= 0.3 is 0 Å². The summed E-state index contributed by atoms with van der Waals surface area (Å²) in [5.74, 6) is 1.17. The SMILES string of the molecule is Cc1cc(C)nc(NCCC(=O)N2CCOc3ccc(-c4cccnc4)cc3Cc3cccc(c3)C(=O)N(C)CC2)n1. The molecule has 0 aliphatic carbocycles. The van der Waals surface area contributed by atoms with Crippen molar-refractivity contribution in [1.82, 2.24) is 24.8 Å². The number of anilines is 1. The Morgan fingerprint density at radius 3 is 2.52 bits per heavy atom. The predicted molar refractivity (Wildman–Crippen MR) is 163 cm³/mol. The molecule has 9 nitrogen and oxygen atoms in total. The zero-order chi connectivity index (χ0) is 29.5. The lowest BCUT2D eigenvalue weighted by Gasteiger charge is -2.27. The molecule has 0 saturated heterocycles. The molecule has 42 heavy (non-hydrogen) atoms. The van der Waals surface area contributed by atoms with Crippen molar-refractivity contribution < 1.29 is 14.3 Å². The number of benzene rings is 2. The molecule has 5 rings (SSSR count). The van der Waals surface area contributed by atoms with Gasteiger partial charge in [-0.05, 0) is 66.9 Å². The summed E-state index contributed by atoms with van der Waals surface area (Å²) in [7, 11) is 1.77. The Kier molecular flexibility index (Phi) is 9.06.